The van der Waals surface area contributed by atoms with Crippen molar-refractivity contribution in [2.24, 2.45) is 23.7 Å². The standard InChI is InChI=1S/C25H23N3O/c29-25(27-23-5-1-3-16-4-2-12-26-24(16)23)17-8-10-20(11-9-17)28-14-21-18-6-7-19(13-18)22(21)15-28/h1-12,18-19,21-22H,13-15H2,(H,27,29)/t18-,19+,21-,22+. The second-order valence-corrected chi connectivity index (χ2v) is 8.56. The number of nitrogens with one attached hydrogen (secondary N) is 1. The first-order chi connectivity index (χ1) is 14.3. The molecule has 1 saturated heterocycles. The minimum Gasteiger partial charge on any atom is -0.371 e. The number of para-hydroxylation sites is 1. The molecule has 1 aromatic heterocycles. The van der Waals surface area contributed by atoms with Gasteiger partial charge in [0.1, 0.15) is 0 Å². The lowest BCUT2D eigenvalue weighted by Crippen LogP contribution is -2.22. The lowest BCUT2D eigenvalue weighted by molar-refractivity contribution is 0.102. The van der Waals surface area contributed by atoms with Gasteiger partial charge in [-0.1, -0.05) is 30.4 Å². The van der Waals surface area contributed by atoms with Crippen LogP contribution >= 0.6 is 0 Å². The molecule has 1 N–H and O–H groups in total. The molecule has 0 radical (unpaired) electrons. The molecular formula is C25H23N3O. The van der Waals surface area contributed by atoms with Gasteiger partial charge in [-0.05, 0) is 66.5 Å². The Morgan fingerprint density at radius 2 is 1.66 bits per heavy atom. The highest BCUT2D eigenvalue weighted by molar-refractivity contribution is 6.08. The van der Waals surface area contributed by atoms with Gasteiger partial charge in [-0.3, -0.25) is 9.78 Å². The number of nitrogens with zero attached hydrogens (tertiary/aromatic N) is 2. The summed E-state index contributed by atoms with van der Waals surface area (Å²) in [4.78, 5) is 19.7. The maximum Gasteiger partial charge on any atom is 0.255 e. The van der Waals surface area contributed by atoms with Gasteiger partial charge in [-0.2, -0.15) is 0 Å². The molecule has 1 saturated carbocycles. The van der Waals surface area contributed by atoms with Crippen molar-refractivity contribution in [2.45, 2.75) is 6.42 Å². The zero-order valence-corrected chi connectivity index (χ0v) is 16.2. The second kappa shape index (κ2) is 6.45. The summed E-state index contributed by atoms with van der Waals surface area (Å²) in [5, 5.41) is 4.04. The maximum atomic E-state index is 12.8. The number of rotatable bonds is 3. The van der Waals surface area contributed by atoms with Crippen molar-refractivity contribution >= 4 is 28.2 Å². The number of anilines is 2. The van der Waals surface area contributed by atoms with Crippen LogP contribution in [0.4, 0.5) is 11.4 Å². The molecule has 4 atom stereocenters. The summed E-state index contributed by atoms with van der Waals surface area (Å²) in [5.41, 5.74) is 3.45. The molecule has 0 spiro atoms. The molecule has 3 aromatic rings. The molecule has 2 heterocycles. The van der Waals surface area contributed by atoms with Crippen LogP contribution in [0, 0.1) is 23.7 Å². The van der Waals surface area contributed by atoms with Crippen LogP contribution in [0.3, 0.4) is 0 Å². The Hall–Kier alpha value is -3.14. The average molecular weight is 381 g/mol. The van der Waals surface area contributed by atoms with Gasteiger partial charge in [0.2, 0.25) is 0 Å². The molecule has 144 valence electrons. The molecule has 2 aliphatic carbocycles. The van der Waals surface area contributed by atoms with E-state index in [-0.39, 0.29) is 5.91 Å². The lowest BCUT2D eigenvalue weighted by Gasteiger charge is -2.21. The van der Waals surface area contributed by atoms with Gasteiger partial charge in [0, 0.05) is 35.9 Å². The number of pyridine rings is 1. The molecule has 4 heteroatoms. The fourth-order valence-electron chi connectivity index (χ4n) is 5.59. The third-order valence-corrected chi connectivity index (χ3v) is 7.04. The normalized spacial score (nSPS) is 26.8. The van der Waals surface area contributed by atoms with Crippen molar-refractivity contribution in [3.63, 3.8) is 0 Å². The molecule has 29 heavy (non-hydrogen) atoms. The summed E-state index contributed by atoms with van der Waals surface area (Å²) in [7, 11) is 0. The second-order valence-electron chi connectivity index (χ2n) is 8.56. The van der Waals surface area contributed by atoms with Gasteiger partial charge in [0.25, 0.3) is 5.91 Å². The van der Waals surface area contributed by atoms with Crippen LogP contribution in [0.1, 0.15) is 16.8 Å². The zero-order valence-electron chi connectivity index (χ0n) is 16.2. The fraction of sp³-hybridized carbons (Fsp3) is 0.280. The Balaban J connectivity index is 1.18. The third kappa shape index (κ3) is 2.74. The molecule has 1 amide bonds. The number of carbonyl (C=O) groups is 1. The molecule has 0 unspecified atom stereocenters. The summed E-state index contributed by atoms with van der Waals surface area (Å²) in [6.45, 7) is 2.28. The van der Waals surface area contributed by atoms with Crippen LogP contribution < -0.4 is 10.2 Å². The van der Waals surface area contributed by atoms with Crippen molar-refractivity contribution in [3.05, 3.63) is 78.5 Å². The van der Waals surface area contributed by atoms with E-state index in [1.54, 1.807) is 6.20 Å². The Kier molecular flexibility index (Phi) is 3.73. The Bertz CT molecular complexity index is 1100. The number of carbonyl (C=O) groups excluding carboxylic acids is 1. The van der Waals surface area contributed by atoms with E-state index in [0.717, 1.165) is 53.4 Å². The van der Waals surface area contributed by atoms with Gasteiger partial charge in [-0.15, -0.1) is 0 Å². The first kappa shape index (κ1) is 16.8. The van der Waals surface area contributed by atoms with Crippen LogP contribution in [0.2, 0.25) is 0 Å². The topological polar surface area (TPSA) is 45.2 Å². The van der Waals surface area contributed by atoms with Crippen LogP contribution in [-0.4, -0.2) is 24.0 Å². The molecule has 1 aliphatic heterocycles. The monoisotopic (exact) mass is 381 g/mol. The molecule has 3 aliphatic rings. The number of aromatic nitrogens is 1. The summed E-state index contributed by atoms with van der Waals surface area (Å²) >= 11 is 0. The van der Waals surface area contributed by atoms with Gasteiger partial charge >= 0.3 is 0 Å². The maximum absolute atomic E-state index is 12.8. The Morgan fingerprint density at radius 1 is 0.931 bits per heavy atom. The zero-order chi connectivity index (χ0) is 19.4. The highest BCUT2D eigenvalue weighted by Crippen LogP contribution is 2.51. The van der Waals surface area contributed by atoms with E-state index in [1.807, 2.05) is 42.5 Å². The van der Waals surface area contributed by atoms with E-state index in [4.69, 9.17) is 0 Å². The highest BCUT2D eigenvalue weighted by Gasteiger charge is 2.49. The predicted octanol–water partition coefficient (Wildman–Crippen LogP) is 4.75. The molecule has 6 rings (SSSR count). The number of fused-ring (bicyclic) bond motifs is 6. The van der Waals surface area contributed by atoms with Crippen LogP contribution in [0.15, 0.2) is 72.9 Å². The minimum absolute atomic E-state index is 0.102. The number of hydrogen-bond donors (Lipinski definition) is 1. The average Bonchev–Trinajstić information content (AvgIpc) is 3.48. The van der Waals surface area contributed by atoms with E-state index in [2.05, 4.69) is 39.5 Å². The first-order valence-electron chi connectivity index (χ1n) is 10.4. The van der Waals surface area contributed by atoms with Gasteiger partial charge in [-0.25, -0.2) is 0 Å². The molecule has 4 nitrogen and oxygen atoms in total. The Labute approximate surface area is 170 Å². The van der Waals surface area contributed by atoms with Crippen molar-refractivity contribution in [2.75, 3.05) is 23.3 Å². The van der Waals surface area contributed by atoms with Crippen molar-refractivity contribution < 1.29 is 4.79 Å². The number of hydrogen-bond acceptors (Lipinski definition) is 3. The van der Waals surface area contributed by atoms with E-state index in [0.29, 0.717) is 5.56 Å². The summed E-state index contributed by atoms with van der Waals surface area (Å²) < 4.78 is 0. The quantitative estimate of drug-likeness (QED) is 0.666. The predicted molar refractivity (Wildman–Crippen MR) is 116 cm³/mol. The molecule has 2 aromatic carbocycles. The first-order valence-corrected chi connectivity index (χ1v) is 10.4. The number of amides is 1. The van der Waals surface area contributed by atoms with E-state index in [9.17, 15) is 4.79 Å². The Morgan fingerprint density at radius 3 is 2.41 bits per heavy atom. The van der Waals surface area contributed by atoms with E-state index < -0.39 is 0 Å². The highest BCUT2D eigenvalue weighted by atomic mass is 16.1. The fourth-order valence-corrected chi connectivity index (χ4v) is 5.59. The summed E-state index contributed by atoms with van der Waals surface area (Å²) in [6.07, 6.45) is 7.99. The lowest BCUT2D eigenvalue weighted by atomic mass is 9.86. The van der Waals surface area contributed by atoms with E-state index in [1.165, 1.54) is 12.1 Å². The molecule has 2 fully saturated rings. The summed E-state index contributed by atoms with van der Waals surface area (Å²) in [5.74, 6) is 3.10. The van der Waals surface area contributed by atoms with Gasteiger partial charge < -0.3 is 10.2 Å². The number of benzene rings is 2. The van der Waals surface area contributed by atoms with Crippen molar-refractivity contribution in [1.29, 1.82) is 0 Å². The van der Waals surface area contributed by atoms with Crippen molar-refractivity contribution in [3.8, 4) is 0 Å². The third-order valence-electron chi connectivity index (χ3n) is 7.04. The smallest absolute Gasteiger partial charge is 0.255 e. The minimum atomic E-state index is -0.102. The SMILES string of the molecule is O=C(Nc1cccc2cccnc12)c1ccc(N2C[C@@H]3[C@H](C2)[C@@H]2C=C[C@H]3C2)cc1. The molecular weight excluding hydrogens is 358 g/mol. The molecule has 2 bridgehead atoms. The van der Waals surface area contributed by atoms with Crippen molar-refractivity contribution in [1.82, 2.24) is 4.98 Å². The van der Waals surface area contributed by atoms with Gasteiger partial charge in [0.15, 0.2) is 0 Å². The largest absolute Gasteiger partial charge is 0.371 e. The van der Waals surface area contributed by atoms with Gasteiger partial charge in [0.05, 0.1) is 11.2 Å². The van der Waals surface area contributed by atoms with Crippen LogP contribution in [0.5, 0.6) is 0 Å². The van der Waals surface area contributed by atoms with Crippen LogP contribution in [-0.2, 0) is 0 Å². The van der Waals surface area contributed by atoms with Crippen LogP contribution in [0.25, 0.3) is 10.9 Å². The summed E-state index contributed by atoms with van der Waals surface area (Å²) in [6, 6.07) is 17.8. The number of allylic oxidation sites excluding steroid dienone is 2. The van der Waals surface area contributed by atoms with E-state index >= 15 is 0 Å².